The monoisotopic (exact) mass is 140 g/mol. The Kier molecular flexibility index (Phi) is 6.14. The van der Waals surface area contributed by atoms with Gasteiger partial charge in [-0.05, 0) is 26.2 Å². The van der Waals surface area contributed by atoms with Gasteiger partial charge in [0.1, 0.15) is 5.78 Å². The molecule has 0 amide bonds. The Morgan fingerprint density at radius 1 is 1.40 bits per heavy atom. The minimum absolute atomic E-state index is 0.304. The van der Waals surface area contributed by atoms with Crippen LogP contribution in [0.1, 0.15) is 39.0 Å². The van der Waals surface area contributed by atoms with Gasteiger partial charge in [-0.25, -0.2) is 0 Å². The second kappa shape index (κ2) is 6.53. The molecule has 0 aliphatic carbocycles. The van der Waals surface area contributed by atoms with E-state index in [0.717, 1.165) is 25.7 Å². The van der Waals surface area contributed by atoms with Gasteiger partial charge in [0.15, 0.2) is 0 Å². The van der Waals surface area contributed by atoms with E-state index in [-0.39, 0.29) is 0 Å². The van der Waals surface area contributed by atoms with Crippen LogP contribution in [0.15, 0.2) is 12.7 Å². The molecule has 0 spiro atoms. The molecule has 0 aliphatic rings. The van der Waals surface area contributed by atoms with E-state index in [1.54, 1.807) is 6.92 Å². The van der Waals surface area contributed by atoms with E-state index in [0.29, 0.717) is 5.78 Å². The van der Waals surface area contributed by atoms with Crippen LogP contribution in [0.25, 0.3) is 0 Å². The maximum Gasteiger partial charge on any atom is 0.129 e. The minimum atomic E-state index is 0.304. The van der Waals surface area contributed by atoms with Crippen LogP contribution in [-0.2, 0) is 4.79 Å². The van der Waals surface area contributed by atoms with Crippen molar-refractivity contribution >= 4 is 5.78 Å². The third kappa shape index (κ3) is 7.41. The Morgan fingerprint density at radius 3 is 2.60 bits per heavy atom. The quantitative estimate of drug-likeness (QED) is 0.409. The fourth-order valence-electron chi connectivity index (χ4n) is 0.839. The summed E-state index contributed by atoms with van der Waals surface area (Å²) >= 11 is 0. The highest BCUT2D eigenvalue weighted by Crippen LogP contribution is 2.02. The summed E-state index contributed by atoms with van der Waals surface area (Å²) < 4.78 is 0. The zero-order chi connectivity index (χ0) is 7.82. The van der Waals surface area contributed by atoms with E-state index in [4.69, 9.17) is 0 Å². The topological polar surface area (TPSA) is 17.1 Å². The molecule has 0 aromatic rings. The lowest BCUT2D eigenvalue weighted by molar-refractivity contribution is -0.117. The molecule has 58 valence electrons. The number of rotatable bonds is 6. The van der Waals surface area contributed by atoms with Crippen molar-refractivity contribution in [3.05, 3.63) is 12.7 Å². The summed E-state index contributed by atoms with van der Waals surface area (Å²) in [5.74, 6) is 0.304. The molecule has 0 atom stereocenters. The molecule has 0 unspecified atom stereocenters. The fraction of sp³-hybridized carbons (Fsp3) is 0.667. The summed E-state index contributed by atoms with van der Waals surface area (Å²) in [6.07, 6.45) is 7.13. The molecule has 0 aliphatic heterocycles. The largest absolute Gasteiger partial charge is 0.300 e. The molecule has 0 aromatic heterocycles. The average Bonchev–Trinajstić information content (AvgIpc) is 1.87. The van der Waals surface area contributed by atoms with E-state index >= 15 is 0 Å². The van der Waals surface area contributed by atoms with Crippen LogP contribution in [0.4, 0.5) is 0 Å². The van der Waals surface area contributed by atoms with E-state index in [2.05, 4.69) is 6.58 Å². The van der Waals surface area contributed by atoms with Crippen LogP contribution < -0.4 is 0 Å². The molecule has 0 saturated heterocycles. The van der Waals surface area contributed by atoms with Crippen molar-refractivity contribution in [1.82, 2.24) is 0 Å². The average molecular weight is 140 g/mol. The van der Waals surface area contributed by atoms with Gasteiger partial charge in [-0.3, -0.25) is 0 Å². The van der Waals surface area contributed by atoms with Gasteiger partial charge in [-0.2, -0.15) is 0 Å². The van der Waals surface area contributed by atoms with Crippen molar-refractivity contribution in [1.29, 1.82) is 0 Å². The summed E-state index contributed by atoms with van der Waals surface area (Å²) in [6.45, 7) is 5.27. The number of hydrogen-bond donors (Lipinski definition) is 0. The summed E-state index contributed by atoms with van der Waals surface area (Å²) in [6, 6.07) is 0. The van der Waals surface area contributed by atoms with Gasteiger partial charge in [-0.1, -0.05) is 12.5 Å². The first kappa shape index (κ1) is 9.41. The maximum atomic E-state index is 10.5. The van der Waals surface area contributed by atoms with Gasteiger partial charge < -0.3 is 4.79 Å². The Balaban J connectivity index is 2.90. The highest BCUT2D eigenvalue weighted by Gasteiger charge is 1.91. The molecule has 0 bridgehead atoms. The Bertz CT molecular complexity index is 105. The predicted molar refractivity (Wildman–Crippen MR) is 44.0 cm³/mol. The molecule has 1 heteroatoms. The Hall–Kier alpha value is -0.590. The maximum absolute atomic E-state index is 10.5. The van der Waals surface area contributed by atoms with E-state index in [1.807, 2.05) is 6.08 Å². The lowest BCUT2D eigenvalue weighted by Gasteiger charge is -1.94. The van der Waals surface area contributed by atoms with E-state index < -0.39 is 0 Å². The van der Waals surface area contributed by atoms with Crippen molar-refractivity contribution in [2.45, 2.75) is 39.0 Å². The van der Waals surface area contributed by atoms with E-state index in [1.165, 1.54) is 6.42 Å². The van der Waals surface area contributed by atoms with Crippen LogP contribution in [0, 0.1) is 0 Å². The summed E-state index contributed by atoms with van der Waals surface area (Å²) in [4.78, 5) is 10.5. The predicted octanol–water partition coefficient (Wildman–Crippen LogP) is 2.71. The zero-order valence-electron chi connectivity index (χ0n) is 6.73. The first-order valence-electron chi connectivity index (χ1n) is 3.87. The molecule has 0 saturated carbocycles. The second-order valence-electron chi connectivity index (χ2n) is 2.59. The molecule has 0 fully saturated rings. The van der Waals surface area contributed by atoms with Gasteiger partial charge in [0.05, 0.1) is 0 Å². The van der Waals surface area contributed by atoms with Crippen LogP contribution in [0.2, 0.25) is 0 Å². The molecule has 0 N–H and O–H groups in total. The highest BCUT2D eigenvalue weighted by molar-refractivity contribution is 5.75. The number of ketones is 1. The molecule has 0 radical (unpaired) electrons. The Labute approximate surface area is 63.1 Å². The third-order valence-corrected chi connectivity index (χ3v) is 1.44. The van der Waals surface area contributed by atoms with Gasteiger partial charge in [0.2, 0.25) is 0 Å². The van der Waals surface area contributed by atoms with Crippen molar-refractivity contribution < 1.29 is 4.79 Å². The second-order valence-corrected chi connectivity index (χ2v) is 2.59. The molecule has 10 heavy (non-hydrogen) atoms. The number of Topliss-reactive ketones (excluding diaryl/α,β-unsaturated/α-hetero) is 1. The third-order valence-electron chi connectivity index (χ3n) is 1.44. The van der Waals surface area contributed by atoms with Crippen LogP contribution in [-0.4, -0.2) is 5.78 Å². The van der Waals surface area contributed by atoms with Crippen LogP contribution in [0.3, 0.4) is 0 Å². The lowest BCUT2D eigenvalue weighted by atomic mass is 10.1. The number of hydrogen-bond acceptors (Lipinski definition) is 1. The summed E-state index contributed by atoms with van der Waals surface area (Å²) in [5, 5.41) is 0. The number of carbonyl (C=O) groups is 1. The minimum Gasteiger partial charge on any atom is -0.300 e. The summed E-state index contributed by atoms with van der Waals surface area (Å²) in [7, 11) is 0. The summed E-state index contributed by atoms with van der Waals surface area (Å²) in [5.41, 5.74) is 0. The SMILES string of the molecule is C=CCCCCCC(C)=O. The zero-order valence-corrected chi connectivity index (χ0v) is 6.73. The highest BCUT2D eigenvalue weighted by atomic mass is 16.1. The Morgan fingerprint density at radius 2 is 2.10 bits per heavy atom. The van der Waals surface area contributed by atoms with Crippen molar-refractivity contribution in [3.8, 4) is 0 Å². The van der Waals surface area contributed by atoms with Crippen molar-refractivity contribution in [2.24, 2.45) is 0 Å². The standard InChI is InChI=1S/C9H16O/c1-3-4-5-6-7-8-9(2)10/h3H,1,4-8H2,2H3. The normalized spacial score (nSPS) is 9.30. The smallest absolute Gasteiger partial charge is 0.129 e. The van der Waals surface area contributed by atoms with Crippen molar-refractivity contribution in [2.75, 3.05) is 0 Å². The number of allylic oxidation sites excluding steroid dienone is 1. The number of carbonyl (C=O) groups excluding carboxylic acids is 1. The molecular formula is C9H16O. The first-order chi connectivity index (χ1) is 4.77. The molecule has 1 nitrogen and oxygen atoms in total. The van der Waals surface area contributed by atoms with E-state index in [9.17, 15) is 4.79 Å². The van der Waals surface area contributed by atoms with Gasteiger partial charge >= 0.3 is 0 Å². The van der Waals surface area contributed by atoms with Crippen LogP contribution in [0.5, 0.6) is 0 Å². The number of unbranched alkanes of at least 4 members (excludes halogenated alkanes) is 3. The first-order valence-corrected chi connectivity index (χ1v) is 3.87. The molecule has 0 rings (SSSR count). The fourth-order valence-corrected chi connectivity index (χ4v) is 0.839. The van der Waals surface area contributed by atoms with Gasteiger partial charge in [-0.15, -0.1) is 6.58 Å². The molecule has 0 aromatic carbocycles. The van der Waals surface area contributed by atoms with Gasteiger partial charge in [0, 0.05) is 6.42 Å². The lowest BCUT2D eigenvalue weighted by Crippen LogP contribution is -1.88. The van der Waals surface area contributed by atoms with Crippen molar-refractivity contribution in [3.63, 3.8) is 0 Å². The molecular weight excluding hydrogens is 124 g/mol. The molecule has 0 heterocycles. The van der Waals surface area contributed by atoms with Gasteiger partial charge in [0.25, 0.3) is 0 Å². The van der Waals surface area contributed by atoms with Crippen LogP contribution >= 0.6 is 0 Å².